The predicted molar refractivity (Wildman–Crippen MR) is 58.7 cm³/mol. The van der Waals surface area contributed by atoms with Crippen LogP contribution >= 0.6 is 0 Å². The Morgan fingerprint density at radius 2 is 2.20 bits per heavy atom. The van der Waals surface area contributed by atoms with E-state index in [0.29, 0.717) is 32.1 Å². The second kappa shape index (κ2) is 5.25. The number of ether oxygens (including phenoxy) is 1. The smallest absolute Gasteiger partial charge is 0.215 e. The van der Waals surface area contributed by atoms with E-state index in [9.17, 15) is 8.42 Å². The molecule has 15 heavy (non-hydrogen) atoms. The molecular formula is C9H20N2O3S. The quantitative estimate of drug-likeness (QED) is 0.744. The highest BCUT2D eigenvalue weighted by Gasteiger charge is 2.30. The minimum Gasteiger partial charge on any atom is -0.377 e. The van der Waals surface area contributed by atoms with E-state index in [1.54, 1.807) is 0 Å². The first-order chi connectivity index (χ1) is 6.93. The molecule has 1 saturated heterocycles. The Morgan fingerprint density at radius 3 is 2.73 bits per heavy atom. The molecule has 5 nitrogen and oxygen atoms in total. The maximum Gasteiger partial charge on any atom is 0.215 e. The highest BCUT2D eigenvalue weighted by atomic mass is 32.2. The van der Waals surface area contributed by atoms with Gasteiger partial charge < -0.3 is 10.5 Å². The summed E-state index contributed by atoms with van der Waals surface area (Å²) in [5.41, 5.74) is 5.69. The molecule has 1 heterocycles. The zero-order chi connectivity index (χ0) is 11.5. The molecule has 0 bridgehead atoms. The van der Waals surface area contributed by atoms with Gasteiger partial charge in [0.15, 0.2) is 0 Å². The summed E-state index contributed by atoms with van der Waals surface area (Å²) < 4.78 is 30.2. The van der Waals surface area contributed by atoms with Crippen LogP contribution in [-0.2, 0) is 14.8 Å². The van der Waals surface area contributed by atoms with Crippen LogP contribution in [-0.4, -0.2) is 44.4 Å². The summed E-state index contributed by atoms with van der Waals surface area (Å²) in [7, 11) is -3.20. The summed E-state index contributed by atoms with van der Waals surface area (Å²) in [4.78, 5) is 0. The van der Waals surface area contributed by atoms with Gasteiger partial charge in [0, 0.05) is 6.54 Å². The molecule has 1 aliphatic rings. The van der Waals surface area contributed by atoms with E-state index in [1.165, 1.54) is 4.31 Å². The molecular weight excluding hydrogens is 216 g/mol. The van der Waals surface area contributed by atoms with Gasteiger partial charge in [-0.1, -0.05) is 13.8 Å². The van der Waals surface area contributed by atoms with E-state index < -0.39 is 16.2 Å². The fourth-order valence-corrected chi connectivity index (χ4v) is 3.28. The van der Waals surface area contributed by atoms with Crippen molar-refractivity contribution in [1.82, 2.24) is 4.31 Å². The van der Waals surface area contributed by atoms with Gasteiger partial charge in [0.05, 0.1) is 25.1 Å². The van der Waals surface area contributed by atoms with Gasteiger partial charge in [-0.15, -0.1) is 0 Å². The Morgan fingerprint density at radius 1 is 1.53 bits per heavy atom. The van der Waals surface area contributed by atoms with Crippen LogP contribution in [0.15, 0.2) is 0 Å². The van der Waals surface area contributed by atoms with Crippen LogP contribution in [0.3, 0.4) is 0 Å². The molecule has 2 N–H and O–H groups in total. The Labute approximate surface area is 91.6 Å². The standard InChI is InChI=1S/C9H20N2O3S/c1-8(2)3-6-15(12,13)11-4-5-14-7-9(11)10/h8-9H,3-7,10H2,1-2H3. The van der Waals surface area contributed by atoms with Crippen LogP contribution in [0.1, 0.15) is 20.3 Å². The predicted octanol–water partition coefficient (Wildman–Crippen LogP) is -0.0207. The van der Waals surface area contributed by atoms with Crippen molar-refractivity contribution >= 4 is 10.0 Å². The molecule has 0 aliphatic carbocycles. The SMILES string of the molecule is CC(C)CCS(=O)(=O)N1CCOCC1N. The zero-order valence-corrected chi connectivity index (χ0v) is 10.2. The van der Waals surface area contributed by atoms with Crippen molar-refractivity contribution in [2.24, 2.45) is 11.7 Å². The zero-order valence-electron chi connectivity index (χ0n) is 9.35. The number of nitrogens with two attached hydrogens (primary N) is 1. The number of morpholine rings is 1. The maximum atomic E-state index is 11.9. The first-order valence-corrected chi connectivity index (χ1v) is 6.87. The lowest BCUT2D eigenvalue weighted by molar-refractivity contribution is 0.0349. The second-order valence-corrected chi connectivity index (χ2v) is 6.29. The summed E-state index contributed by atoms with van der Waals surface area (Å²) in [5.74, 6) is 0.565. The van der Waals surface area contributed by atoms with E-state index >= 15 is 0 Å². The Bertz CT molecular complexity index is 290. The van der Waals surface area contributed by atoms with Gasteiger partial charge in [0.1, 0.15) is 0 Å². The van der Waals surface area contributed by atoms with Crippen molar-refractivity contribution in [3.8, 4) is 0 Å². The summed E-state index contributed by atoms with van der Waals surface area (Å²) in [6.07, 6.45) is 0.155. The largest absolute Gasteiger partial charge is 0.377 e. The average molecular weight is 236 g/mol. The molecule has 0 aromatic rings. The number of hydrogen-bond acceptors (Lipinski definition) is 4. The lowest BCUT2D eigenvalue weighted by Gasteiger charge is -2.32. The van der Waals surface area contributed by atoms with Crippen LogP contribution in [0.2, 0.25) is 0 Å². The molecule has 0 radical (unpaired) electrons. The number of hydrogen-bond donors (Lipinski definition) is 1. The fraction of sp³-hybridized carbons (Fsp3) is 1.00. The highest BCUT2D eigenvalue weighted by molar-refractivity contribution is 7.89. The summed E-state index contributed by atoms with van der Waals surface area (Å²) >= 11 is 0. The molecule has 0 amide bonds. The molecule has 0 saturated carbocycles. The van der Waals surface area contributed by atoms with E-state index in [0.717, 1.165) is 0 Å². The Hall–Kier alpha value is -0.170. The van der Waals surface area contributed by atoms with Crippen molar-refractivity contribution in [3.63, 3.8) is 0 Å². The van der Waals surface area contributed by atoms with Crippen molar-refractivity contribution in [2.45, 2.75) is 26.4 Å². The summed E-state index contributed by atoms with van der Waals surface area (Å²) in [6, 6.07) is 0. The maximum absolute atomic E-state index is 11.9. The van der Waals surface area contributed by atoms with Crippen molar-refractivity contribution in [2.75, 3.05) is 25.5 Å². The third-order valence-corrected chi connectivity index (χ3v) is 4.34. The minimum absolute atomic E-state index is 0.179. The van der Waals surface area contributed by atoms with Crippen LogP contribution in [0.25, 0.3) is 0 Å². The van der Waals surface area contributed by atoms with E-state index in [4.69, 9.17) is 10.5 Å². The third kappa shape index (κ3) is 3.71. The molecule has 1 aliphatic heterocycles. The molecule has 1 fully saturated rings. The lowest BCUT2D eigenvalue weighted by Crippen LogP contribution is -2.53. The van der Waals surface area contributed by atoms with E-state index in [-0.39, 0.29) is 5.75 Å². The van der Waals surface area contributed by atoms with Crippen molar-refractivity contribution in [3.05, 3.63) is 0 Å². The third-order valence-electron chi connectivity index (χ3n) is 2.42. The van der Waals surface area contributed by atoms with E-state index in [2.05, 4.69) is 0 Å². The molecule has 0 aromatic carbocycles. The van der Waals surface area contributed by atoms with Gasteiger partial charge >= 0.3 is 0 Å². The first-order valence-electron chi connectivity index (χ1n) is 5.26. The fourth-order valence-electron chi connectivity index (χ4n) is 1.45. The highest BCUT2D eigenvalue weighted by Crippen LogP contribution is 2.12. The van der Waals surface area contributed by atoms with Crippen LogP contribution in [0.4, 0.5) is 0 Å². The molecule has 0 aromatic heterocycles. The van der Waals surface area contributed by atoms with Crippen LogP contribution in [0, 0.1) is 5.92 Å². The first kappa shape index (κ1) is 12.9. The normalized spacial score (nSPS) is 24.7. The topological polar surface area (TPSA) is 72.6 Å². The average Bonchev–Trinajstić information content (AvgIpc) is 2.15. The van der Waals surface area contributed by atoms with Gasteiger partial charge in [-0.05, 0) is 12.3 Å². The lowest BCUT2D eigenvalue weighted by atomic mass is 10.2. The van der Waals surface area contributed by atoms with Crippen LogP contribution in [0.5, 0.6) is 0 Å². The van der Waals surface area contributed by atoms with Gasteiger partial charge in [0.25, 0.3) is 0 Å². The summed E-state index contributed by atoms with van der Waals surface area (Å²) in [5, 5.41) is 0. The van der Waals surface area contributed by atoms with Gasteiger partial charge in [-0.25, -0.2) is 8.42 Å². The molecule has 1 rings (SSSR count). The monoisotopic (exact) mass is 236 g/mol. The number of rotatable bonds is 4. The minimum atomic E-state index is -3.20. The van der Waals surface area contributed by atoms with Crippen LogP contribution < -0.4 is 5.73 Å². The van der Waals surface area contributed by atoms with E-state index in [1.807, 2.05) is 13.8 Å². The number of sulfonamides is 1. The van der Waals surface area contributed by atoms with Crippen molar-refractivity contribution < 1.29 is 13.2 Å². The molecule has 0 spiro atoms. The van der Waals surface area contributed by atoms with Gasteiger partial charge in [-0.2, -0.15) is 4.31 Å². The Balaban J connectivity index is 2.59. The summed E-state index contributed by atoms with van der Waals surface area (Å²) in [6.45, 7) is 5.13. The second-order valence-electron chi connectivity index (χ2n) is 4.25. The molecule has 1 atom stereocenters. The number of nitrogens with zero attached hydrogens (tertiary/aromatic N) is 1. The molecule has 90 valence electrons. The molecule has 1 unspecified atom stereocenters. The Kier molecular flexibility index (Phi) is 4.51. The molecule has 6 heteroatoms. The van der Waals surface area contributed by atoms with Gasteiger partial charge in [-0.3, -0.25) is 0 Å². The van der Waals surface area contributed by atoms with Crippen molar-refractivity contribution in [1.29, 1.82) is 0 Å². The van der Waals surface area contributed by atoms with Gasteiger partial charge in [0.2, 0.25) is 10.0 Å².